The lowest BCUT2D eigenvalue weighted by atomic mass is 10.1. The molecular weight excluding hydrogens is 323 g/mol. The van der Waals surface area contributed by atoms with Crippen LogP contribution in [0.5, 0.6) is 5.75 Å². The minimum Gasteiger partial charge on any atom is -0.481 e. The fourth-order valence-corrected chi connectivity index (χ4v) is 2.10. The second kappa shape index (κ2) is 6.23. The number of ether oxygens (including phenoxy) is 1. The van der Waals surface area contributed by atoms with Gasteiger partial charge in [0.25, 0.3) is 0 Å². The second-order valence-electron chi connectivity index (χ2n) is 4.26. The van der Waals surface area contributed by atoms with Gasteiger partial charge in [-0.15, -0.1) is 13.2 Å². The Morgan fingerprint density at radius 3 is 2.45 bits per heavy atom. The first kappa shape index (κ1) is 16.1. The Morgan fingerprint density at radius 1 is 1.18 bits per heavy atom. The van der Waals surface area contributed by atoms with Crippen LogP contribution in [0.4, 0.5) is 13.2 Å². The molecular formula is C14H9ClF3NO3. The highest BCUT2D eigenvalue weighted by atomic mass is 35.5. The molecule has 0 aliphatic heterocycles. The number of halogens is 4. The average molecular weight is 332 g/mol. The first-order valence-corrected chi connectivity index (χ1v) is 6.36. The number of para-hydroxylation sites is 1. The van der Waals surface area contributed by atoms with Gasteiger partial charge in [-0.25, -0.2) is 4.98 Å². The van der Waals surface area contributed by atoms with Gasteiger partial charge in [-0.1, -0.05) is 29.8 Å². The summed E-state index contributed by atoms with van der Waals surface area (Å²) in [5.41, 5.74) is 0.533. The summed E-state index contributed by atoms with van der Waals surface area (Å²) in [5.74, 6) is -1.50. The van der Waals surface area contributed by atoms with Crippen molar-refractivity contribution in [2.24, 2.45) is 0 Å². The smallest absolute Gasteiger partial charge is 0.481 e. The number of carbonyl (C=O) groups is 1. The molecule has 116 valence electrons. The van der Waals surface area contributed by atoms with Gasteiger partial charge in [0.2, 0.25) is 0 Å². The van der Waals surface area contributed by atoms with Gasteiger partial charge < -0.3 is 9.84 Å². The third-order valence-corrected chi connectivity index (χ3v) is 2.93. The van der Waals surface area contributed by atoms with Crippen LogP contribution in [0.3, 0.4) is 0 Å². The standard InChI is InChI=1S/C14H9ClF3NO3/c15-13-10(6-5-8(19-13)7-12(20)21)9-3-1-2-4-11(9)22-14(16,17)18/h1-6H,7H2,(H,20,21). The molecule has 0 fully saturated rings. The van der Waals surface area contributed by atoms with Crippen molar-refractivity contribution in [3.63, 3.8) is 0 Å². The Labute approximate surface area is 128 Å². The fraction of sp³-hybridized carbons (Fsp3) is 0.143. The molecule has 0 amide bonds. The van der Waals surface area contributed by atoms with Crippen LogP contribution in [0.25, 0.3) is 11.1 Å². The molecule has 1 heterocycles. The number of rotatable bonds is 4. The zero-order chi connectivity index (χ0) is 16.3. The zero-order valence-corrected chi connectivity index (χ0v) is 11.6. The summed E-state index contributed by atoms with van der Waals surface area (Å²) in [7, 11) is 0. The van der Waals surface area contributed by atoms with Gasteiger partial charge in [-0.05, 0) is 18.2 Å². The number of pyridine rings is 1. The van der Waals surface area contributed by atoms with Crippen LogP contribution in [0.2, 0.25) is 5.15 Å². The van der Waals surface area contributed by atoms with E-state index in [1.54, 1.807) is 0 Å². The number of benzene rings is 1. The Balaban J connectivity index is 2.42. The third kappa shape index (κ3) is 4.11. The second-order valence-corrected chi connectivity index (χ2v) is 4.61. The summed E-state index contributed by atoms with van der Waals surface area (Å²) in [6.45, 7) is 0. The molecule has 0 saturated heterocycles. The van der Waals surface area contributed by atoms with Gasteiger partial charge in [-0.2, -0.15) is 0 Å². The average Bonchev–Trinajstić information content (AvgIpc) is 2.37. The maximum absolute atomic E-state index is 12.4. The Bertz CT molecular complexity index is 704. The van der Waals surface area contributed by atoms with Crippen molar-refractivity contribution in [2.75, 3.05) is 0 Å². The lowest BCUT2D eigenvalue weighted by molar-refractivity contribution is -0.274. The molecule has 1 aromatic carbocycles. The SMILES string of the molecule is O=C(O)Cc1ccc(-c2ccccc2OC(F)(F)F)c(Cl)n1. The normalized spacial score (nSPS) is 11.3. The van der Waals surface area contributed by atoms with E-state index in [9.17, 15) is 18.0 Å². The van der Waals surface area contributed by atoms with Gasteiger partial charge in [0.05, 0.1) is 12.1 Å². The summed E-state index contributed by atoms with van der Waals surface area (Å²) < 4.78 is 41.2. The van der Waals surface area contributed by atoms with Crippen molar-refractivity contribution in [3.05, 3.63) is 47.2 Å². The molecule has 4 nitrogen and oxygen atoms in total. The fourth-order valence-electron chi connectivity index (χ4n) is 1.83. The van der Waals surface area contributed by atoms with E-state index >= 15 is 0 Å². The molecule has 0 unspecified atom stereocenters. The molecule has 22 heavy (non-hydrogen) atoms. The highest BCUT2D eigenvalue weighted by molar-refractivity contribution is 6.32. The predicted octanol–water partition coefficient (Wildman–Crippen LogP) is 3.93. The van der Waals surface area contributed by atoms with Gasteiger partial charge in [0.1, 0.15) is 10.9 Å². The van der Waals surface area contributed by atoms with Gasteiger partial charge in [0.15, 0.2) is 0 Å². The van der Waals surface area contributed by atoms with Crippen molar-refractivity contribution in [2.45, 2.75) is 12.8 Å². The predicted molar refractivity (Wildman–Crippen MR) is 72.7 cm³/mol. The quantitative estimate of drug-likeness (QED) is 0.862. The molecule has 2 rings (SSSR count). The Hall–Kier alpha value is -2.28. The number of aromatic nitrogens is 1. The third-order valence-electron chi connectivity index (χ3n) is 2.64. The first-order chi connectivity index (χ1) is 10.3. The van der Waals surface area contributed by atoms with Crippen LogP contribution >= 0.6 is 11.6 Å². The summed E-state index contributed by atoms with van der Waals surface area (Å²) in [5, 5.41) is 8.59. The molecule has 0 atom stereocenters. The largest absolute Gasteiger partial charge is 0.573 e. The number of hydrogen-bond donors (Lipinski definition) is 1. The molecule has 1 N–H and O–H groups in total. The molecule has 0 spiro atoms. The molecule has 2 aromatic rings. The van der Waals surface area contributed by atoms with Crippen molar-refractivity contribution in [1.29, 1.82) is 0 Å². The lowest BCUT2D eigenvalue weighted by Crippen LogP contribution is -2.17. The van der Waals surface area contributed by atoms with Gasteiger partial charge >= 0.3 is 12.3 Å². The van der Waals surface area contributed by atoms with Crippen LogP contribution in [-0.4, -0.2) is 22.4 Å². The number of carboxylic acids is 1. The van der Waals surface area contributed by atoms with Gasteiger partial charge in [-0.3, -0.25) is 4.79 Å². The van der Waals surface area contributed by atoms with E-state index in [2.05, 4.69) is 9.72 Å². The van der Waals surface area contributed by atoms with Crippen LogP contribution in [0, 0.1) is 0 Å². The summed E-state index contributed by atoms with van der Waals surface area (Å²) in [6.07, 6.45) is -5.17. The van der Waals surface area contributed by atoms with Gasteiger partial charge in [0, 0.05) is 11.1 Å². The minimum absolute atomic E-state index is 0.100. The summed E-state index contributed by atoms with van der Waals surface area (Å²) in [4.78, 5) is 14.5. The molecule has 0 aliphatic carbocycles. The molecule has 0 bridgehead atoms. The summed E-state index contributed by atoms with van der Waals surface area (Å²) in [6, 6.07) is 8.28. The first-order valence-electron chi connectivity index (χ1n) is 5.98. The Kier molecular flexibility index (Phi) is 4.56. The monoisotopic (exact) mass is 331 g/mol. The van der Waals surface area contributed by atoms with E-state index in [1.807, 2.05) is 0 Å². The van der Waals surface area contributed by atoms with Crippen molar-refractivity contribution >= 4 is 17.6 Å². The van der Waals surface area contributed by atoms with E-state index in [1.165, 1.54) is 30.3 Å². The van der Waals surface area contributed by atoms with E-state index in [0.29, 0.717) is 0 Å². The van der Waals surface area contributed by atoms with Crippen LogP contribution in [0.15, 0.2) is 36.4 Å². The Morgan fingerprint density at radius 2 is 1.86 bits per heavy atom. The van der Waals surface area contributed by atoms with Crippen LogP contribution in [-0.2, 0) is 11.2 Å². The molecule has 0 aliphatic rings. The van der Waals surface area contributed by atoms with Crippen molar-refractivity contribution in [3.8, 4) is 16.9 Å². The number of alkyl halides is 3. The van der Waals surface area contributed by atoms with Crippen molar-refractivity contribution in [1.82, 2.24) is 4.98 Å². The van der Waals surface area contributed by atoms with E-state index in [4.69, 9.17) is 16.7 Å². The number of nitrogens with zero attached hydrogens (tertiary/aromatic N) is 1. The zero-order valence-electron chi connectivity index (χ0n) is 10.9. The number of aliphatic carboxylic acids is 1. The highest BCUT2D eigenvalue weighted by Gasteiger charge is 2.32. The number of carboxylic acid groups (broad SMARTS) is 1. The van der Waals surface area contributed by atoms with E-state index in [-0.39, 0.29) is 28.4 Å². The topological polar surface area (TPSA) is 59.4 Å². The maximum Gasteiger partial charge on any atom is 0.573 e. The molecule has 0 radical (unpaired) electrons. The van der Waals surface area contributed by atoms with Crippen LogP contribution in [0.1, 0.15) is 5.69 Å². The minimum atomic E-state index is -4.83. The van der Waals surface area contributed by atoms with Crippen LogP contribution < -0.4 is 4.74 Å². The molecule has 1 aromatic heterocycles. The maximum atomic E-state index is 12.4. The highest BCUT2D eigenvalue weighted by Crippen LogP contribution is 2.36. The van der Waals surface area contributed by atoms with E-state index < -0.39 is 18.1 Å². The molecule has 8 heteroatoms. The lowest BCUT2D eigenvalue weighted by Gasteiger charge is -2.14. The van der Waals surface area contributed by atoms with E-state index in [0.717, 1.165) is 6.07 Å². The molecule has 0 saturated carbocycles. The number of hydrogen-bond acceptors (Lipinski definition) is 3. The van der Waals surface area contributed by atoms with Crippen molar-refractivity contribution < 1.29 is 27.8 Å². The summed E-state index contributed by atoms with van der Waals surface area (Å²) >= 11 is 5.95.